The Labute approximate surface area is 109 Å². The second-order valence-electron chi connectivity index (χ2n) is 5.47. The largest absolute Gasteiger partial charge is 0.389 e. The molecule has 0 spiro atoms. The van der Waals surface area contributed by atoms with E-state index in [1.165, 1.54) is 32.1 Å². The van der Waals surface area contributed by atoms with Crippen molar-refractivity contribution in [2.75, 3.05) is 6.54 Å². The van der Waals surface area contributed by atoms with Gasteiger partial charge in [0.1, 0.15) is 0 Å². The number of hydrogen-bond acceptors (Lipinski definition) is 1. The minimum atomic E-state index is -4.00. The van der Waals surface area contributed by atoms with Crippen LogP contribution >= 0.6 is 0 Å². The van der Waals surface area contributed by atoms with E-state index in [2.05, 4.69) is 12.2 Å². The van der Waals surface area contributed by atoms with E-state index in [0.29, 0.717) is 18.4 Å². The summed E-state index contributed by atoms with van der Waals surface area (Å²) in [5, 5.41) is 3.46. The molecule has 0 heterocycles. The second-order valence-corrected chi connectivity index (χ2v) is 5.47. The lowest BCUT2D eigenvalue weighted by Crippen LogP contribution is -2.38. The van der Waals surface area contributed by atoms with Crippen molar-refractivity contribution in [2.24, 2.45) is 5.92 Å². The third-order valence-corrected chi connectivity index (χ3v) is 3.85. The van der Waals surface area contributed by atoms with Gasteiger partial charge in [0.05, 0.1) is 0 Å². The summed E-state index contributed by atoms with van der Waals surface area (Å²) < 4.78 is 36.5. The summed E-state index contributed by atoms with van der Waals surface area (Å²) in [5.74, 6) is 0.596. The second kappa shape index (κ2) is 8.03. The van der Waals surface area contributed by atoms with Crippen molar-refractivity contribution in [1.29, 1.82) is 0 Å². The predicted molar refractivity (Wildman–Crippen MR) is 68.6 cm³/mol. The van der Waals surface area contributed by atoms with Gasteiger partial charge >= 0.3 is 6.18 Å². The number of alkyl halides is 3. The van der Waals surface area contributed by atoms with Crippen molar-refractivity contribution in [2.45, 2.75) is 76.9 Å². The third-order valence-electron chi connectivity index (χ3n) is 3.85. The molecule has 0 aliphatic heterocycles. The highest BCUT2D eigenvalue weighted by Crippen LogP contribution is 2.30. The summed E-state index contributed by atoms with van der Waals surface area (Å²) in [4.78, 5) is 0. The average Bonchev–Trinajstić information content (AvgIpc) is 2.33. The fourth-order valence-electron chi connectivity index (χ4n) is 2.89. The standard InChI is InChI=1S/C14H26F3N/c1-2-11-18-13(9-6-10-14(15,16)17)12-7-4-3-5-8-12/h12-13,18H,2-11H2,1H3. The van der Waals surface area contributed by atoms with Crippen LogP contribution in [0.1, 0.15) is 64.7 Å². The zero-order chi connectivity index (χ0) is 13.4. The van der Waals surface area contributed by atoms with Crippen LogP contribution in [0.2, 0.25) is 0 Å². The molecule has 1 atom stereocenters. The molecule has 1 aliphatic rings. The summed E-state index contributed by atoms with van der Waals surface area (Å²) in [6.07, 6.45) is 3.50. The summed E-state index contributed by atoms with van der Waals surface area (Å²) in [6, 6.07) is 0.299. The maximum Gasteiger partial charge on any atom is 0.389 e. The highest BCUT2D eigenvalue weighted by molar-refractivity contribution is 4.79. The molecule has 0 saturated heterocycles. The molecule has 1 unspecified atom stereocenters. The number of halogens is 3. The van der Waals surface area contributed by atoms with Crippen molar-refractivity contribution >= 4 is 0 Å². The van der Waals surface area contributed by atoms with Gasteiger partial charge in [0.25, 0.3) is 0 Å². The maximum atomic E-state index is 12.2. The van der Waals surface area contributed by atoms with Crippen molar-refractivity contribution in [3.8, 4) is 0 Å². The van der Waals surface area contributed by atoms with Crippen LogP contribution in [0, 0.1) is 5.92 Å². The van der Waals surface area contributed by atoms with Gasteiger partial charge < -0.3 is 5.32 Å². The normalized spacial score (nSPS) is 20.0. The van der Waals surface area contributed by atoms with Gasteiger partial charge in [-0.25, -0.2) is 0 Å². The Morgan fingerprint density at radius 1 is 1.17 bits per heavy atom. The lowest BCUT2D eigenvalue weighted by molar-refractivity contribution is -0.136. The van der Waals surface area contributed by atoms with Gasteiger partial charge in [-0.3, -0.25) is 0 Å². The van der Waals surface area contributed by atoms with Crippen LogP contribution in [-0.2, 0) is 0 Å². The van der Waals surface area contributed by atoms with E-state index in [9.17, 15) is 13.2 Å². The average molecular weight is 265 g/mol. The summed E-state index contributed by atoms with van der Waals surface area (Å²) >= 11 is 0. The molecule has 108 valence electrons. The lowest BCUT2D eigenvalue weighted by atomic mass is 9.82. The Hall–Kier alpha value is -0.250. The van der Waals surface area contributed by atoms with Gasteiger partial charge in [-0.2, -0.15) is 13.2 Å². The molecule has 1 nitrogen and oxygen atoms in total. The van der Waals surface area contributed by atoms with Crippen LogP contribution in [0.5, 0.6) is 0 Å². The van der Waals surface area contributed by atoms with Crippen molar-refractivity contribution in [1.82, 2.24) is 5.32 Å². The molecule has 1 fully saturated rings. The summed E-state index contributed by atoms with van der Waals surface area (Å²) in [6.45, 7) is 3.02. The van der Waals surface area contributed by atoms with Gasteiger partial charge in [-0.15, -0.1) is 0 Å². The highest BCUT2D eigenvalue weighted by Gasteiger charge is 2.28. The minimum Gasteiger partial charge on any atom is -0.314 e. The van der Waals surface area contributed by atoms with E-state index in [1.807, 2.05) is 0 Å². The van der Waals surface area contributed by atoms with Gasteiger partial charge in [0.2, 0.25) is 0 Å². The van der Waals surface area contributed by atoms with Crippen LogP contribution in [0.25, 0.3) is 0 Å². The Bertz CT molecular complexity index is 210. The van der Waals surface area contributed by atoms with E-state index in [4.69, 9.17) is 0 Å². The first-order valence-corrected chi connectivity index (χ1v) is 7.33. The van der Waals surface area contributed by atoms with E-state index >= 15 is 0 Å². The molecule has 0 aromatic heterocycles. The zero-order valence-electron chi connectivity index (χ0n) is 11.4. The highest BCUT2D eigenvalue weighted by atomic mass is 19.4. The van der Waals surface area contributed by atoms with Gasteiger partial charge in [0, 0.05) is 12.5 Å². The molecule has 1 rings (SSSR count). The molecule has 18 heavy (non-hydrogen) atoms. The van der Waals surface area contributed by atoms with Crippen molar-refractivity contribution in [3.63, 3.8) is 0 Å². The molecule has 1 N–H and O–H groups in total. The fraction of sp³-hybridized carbons (Fsp3) is 1.00. The summed E-state index contributed by atoms with van der Waals surface area (Å²) in [5.41, 5.74) is 0. The van der Waals surface area contributed by atoms with Crippen LogP contribution < -0.4 is 5.32 Å². The first kappa shape index (κ1) is 15.8. The number of hydrogen-bond donors (Lipinski definition) is 1. The Morgan fingerprint density at radius 3 is 2.39 bits per heavy atom. The van der Waals surface area contributed by atoms with Gasteiger partial charge in [-0.05, 0) is 44.6 Å². The topological polar surface area (TPSA) is 12.0 Å². The minimum absolute atomic E-state index is 0.265. The van der Waals surface area contributed by atoms with Crippen molar-refractivity contribution < 1.29 is 13.2 Å². The molecular formula is C14H26F3N. The van der Waals surface area contributed by atoms with E-state index < -0.39 is 12.6 Å². The predicted octanol–water partition coefficient (Wildman–Crippen LogP) is 4.67. The molecule has 1 aliphatic carbocycles. The maximum absolute atomic E-state index is 12.2. The molecule has 0 aromatic rings. The quantitative estimate of drug-likeness (QED) is 0.705. The van der Waals surface area contributed by atoms with Crippen LogP contribution in [0.4, 0.5) is 13.2 Å². The molecule has 0 amide bonds. The fourth-order valence-corrected chi connectivity index (χ4v) is 2.89. The molecule has 0 radical (unpaired) electrons. The van der Waals surface area contributed by atoms with E-state index in [0.717, 1.165) is 13.0 Å². The first-order valence-electron chi connectivity index (χ1n) is 7.33. The van der Waals surface area contributed by atoms with Gasteiger partial charge in [0.15, 0.2) is 0 Å². The monoisotopic (exact) mass is 265 g/mol. The Balaban J connectivity index is 2.34. The van der Waals surface area contributed by atoms with Crippen LogP contribution in [0.3, 0.4) is 0 Å². The molecule has 4 heteroatoms. The third kappa shape index (κ3) is 6.62. The Kier molecular flexibility index (Phi) is 7.05. The van der Waals surface area contributed by atoms with Crippen LogP contribution in [0.15, 0.2) is 0 Å². The smallest absolute Gasteiger partial charge is 0.314 e. The van der Waals surface area contributed by atoms with E-state index in [1.54, 1.807) is 0 Å². The molecule has 0 aromatic carbocycles. The van der Waals surface area contributed by atoms with Gasteiger partial charge in [-0.1, -0.05) is 26.2 Å². The van der Waals surface area contributed by atoms with E-state index in [-0.39, 0.29) is 6.42 Å². The SMILES string of the molecule is CCCNC(CCCC(F)(F)F)C1CCCCC1. The Morgan fingerprint density at radius 2 is 1.83 bits per heavy atom. The number of nitrogens with one attached hydrogen (secondary N) is 1. The molecule has 1 saturated carbocycles. The number of rotatable bonds is 7. The molecule has 0 bridgehead atoms. The van der Waals surface area contributed by atoms with Crippen LogP contribution in [-0.4, -0.2) is 18.8 Å². The lowest BCUT2D eigenvalue weighted by Gasteiger charge is -2.31. The first-order chi connectivity index (χ1) is 8.53. The zero-order valence-corrected chi connectivity index (χ0v) is 11.4. The molecular weight excluding hydrogens is 239 g/mol. The summed E-state index contributed by atoms with van der Waals surface area (Å²) in [7, 11) is 0. The van der Waals surface area contributed by atoms with Crippen molar-refractivity contribution in [3.05, 3.63) is 0 Å².